The second kappa shape index (κ2) is 9.83. The standard InChI is InChI=1S/C24H28N4O3/c1-17(15-28-16-22(26-27-28)21-10-6-7-13-25-21)23-12-11-20(31-23)14-18(2)30-24(29)19-8-4-3-5-9-19/h3-10,13,16-18,20,23H,11-12,14-15H2,1-2H3/t17-,18-,20-,23+/m1/s1. The zero-order valence-corrected chi connectivity index (χ0v) is 17.9. The van der Waals surface area contributed by atoms with Crippen molar-refractivity contribution in [2.75, 3.05) is 0 Å². The number of hydrogen-bond donors (Lipinski definition) is 0. The highest BCUT2D eigenvalue weighted by Gasteiger charge is 2.31. The van der Waals surface area contributed by atoms with Crippen LogP contribution >= 0.6 is 0 Å². The summed E-state index contributed by atoms with van der Waals surface area (Å²) in [5, 5.41) is 8.48. The molecule has 1 aliphatic heterocycles. The Kier molecular flexibility index (Phi) is 6.72. The Labute approximate surface area is 182 Å². The molecule has 162 valence electrons. The number of pyridine rings is 1. The first-order valence-electron chi connectivity index (χ1n) is 10.8. The second-order valence-electron chi connectivity index (χ2n) is 8.21. The van der Waals surface area contributed by atoms with Crippen molar-refractivity contribution in [3.63, 3.8) is 0 Å². The van der Waals surface area contributed by atoms with Gasteiger partial charge in [0, 0.05) is 25.1 Å². The molecule has 1 fully saturated rings. The van der Waals surface area contributed by atoms with Gasteiger partial charge in [0.25, 0.3) is 0 Å². The van der Waals surface area contributed by atoms with Crippen LogP contribution < -0.4 is 0 Å². The molecule has 0 aliphatic carbocycles. The summed E-state index contributed by atoms with van der Waals surface area (Å²) >= 11 is 0. The van der Waals surface area contributed by atoms with E-state index in [-0.39, 0.29) is 24.3 Å². The predicted molar refractivity (Wildman–Crippen MR) is 116 cm³/mol. The van der Waals surface area contributed by atoms with Crippen molar-refractivity contribution < 1.29 is 14.3 Å². The monoisotopic (exact) mass is 420 g/mol. The summed E-state index contributed by atoms with van der Waals surface area (Å²) in [6.45, 7) is 4.83. The predicted octanol–water partition coefficient (Wildman–Crippen LogP) is 4.16. The molecule has 0 saturated carbocycles. The second-order valence-corrected chi connectivity index (χ2v) is 8.21. The van der Waals surface area contributed by atoms with Crippen LogP contribution in [0.1, 0.15) is 43.5 Å². The zero-order valence-electron chi connectivity index (χ0n) is 17.9. The Balaban J connectivity index is 1.25. The quantitative estimate of drug-likeness (QED) is 0.509. The third kappa shape index (κ3) is 5.55. The van der Waals surface area contributed by atoms with Gasteiger partial charge >= 0.3 is 5.97 Å². The van der Waals surface area contributed by atoms with Gasteiger partial charge in [-0.3, -0.25) is 9.67 Å². The van der Waals surface area contributed by atoms with Crippen molar-refractivity contribution >= 4 is 5.97 Å². The molecule has 1 aromatic carbocycles. The van der Waals surface area contributed by atoms with Crippen LogP contribution in [0.15, 0.2) is 60.9 Å². The van der Waals surface area contributed by atoms with Gasteiger partial charge in [-0.2, -0.15) is 0 Å². The van der Waals surface area contributed by atoms with E-state index in [4.69, 9.17) is 9.47 Å². The van der Waals surface area contributed by atoms with Crippen molar-refractivity contribution in [3.05, 3.63) is 66.5 Å². The molecule has 3 aromatic rings. The first-order valence-corrected chi connectivity index (χ1v) is 10.8. The van der Waals surface area contributed by atoms with E-state index in [1.807, 2.05) is 54.2 Å². The average Bonchev–Trinajstić information content (AvgIpc) is 3.45. The summed E-state index contributed by atoms with van der Waals surface area (Å²) in [4.78, 5) is 16.5. The van der Waals surface area contributed by atoms with E-state index in [0.29, 0.717) is 17.9 Å². The van der Waals surface area contributed by atoms with Crippen LogP contribution in [0, 0.1) is 5.92 Å². The van der Waals surface area contributed by atoms with Crippen LogP contribution in [0.2, 0.25) is 0 Å². The van der Waals surface area contributed by atoms with Gasteiger partial charge in [-0.25, -0.2) is 4.79 Å². The molecular formula is C24H28N4O3. The number of carbonyl (C=O) groups is 1. The minimum absolute atomic E-state index is 0.103. The van der Waals surface area contributed by atoms with Crippen LogP contribution in [0.4, 0.5) is 0 Å². The summed E-state index contributed by atoms with van der Waals surface area (Å²) in [7, 11) is 0. The Morgan fingerprint density at radius 3 is 2.71 bits per heavy atom. The van der Waals surface area contributed by atoms with Crippen LogP contribution in [0.5, 0.6) is 0 Å². The molecule has 1 aliphatic rings. The molecular weight excluding hydrogens is 392 g/mol. The van der Waals surface area contributed by atoms with Gasteiger partial charge in [0.1, 0.15) is 11.8 Å². The number of nitrogens with zero attached hydrogens (tertiary/aromatic N) is 4. The molecule has 0 N–H and O–H groups in total. The normalized spacial score (nSPS) is 20.3. The van der Waals surface area contributed by atoms with Gasteiger partial charge in [-0.05, 0) is 44.0 Å². The number of ether oxygens (including phenoxy) is 2. The maximum Gasteiger partial charge on any atom is 0.338 e. The van der Waals surface area contributed by atoms with Crippen LogP contribution in [0.25, 0.3) is 11.4 Å². The summed E-state index contributed by atoms with van der Waals surface area (Å²) in [5.41, 5.74) is 2.16. The molecule has 0 bridgehead atoms. The highest BCUT2D eigenvalue weighted by atomic mass is 16.5. The zero-order chi connectivity index (χ0) is 21.6. The molecule has 4 rings (SSSR count). The number of carbonyl (C=O) groups excluding carboxylic acids is 1. The van der Waals surface area contributed by atoms with E-state index >= 15 is 0 Å². The van der Waals surface area contributed by atoms with E-state index in [0.717, 1.165) is 30.8 Å². The minimum Gasteiger partial charge on any atom is -0.459 e. The van der Waals surface area contributed by atoms with Gasteiger partial charge in [0.05, 0.1) is 29.7 Å². The number of hydrogen-bond acceptors (Lipinski definition) is 6. The summed E-state index contributed by atoms with van der Waals surface area (Å²) in [5.74, 6) is 0.0105. The van der Waals surface area contributed by atoms with E-state index in [1.165, 1.54) is 0 Å². The maximum atomic E-state index is 12.2. The highest BCUT2D eigenvalue weighted by molar-refractivity contribution is 5.89. The van der Waals surface area contributed by atoms with Crippen LogP contribution in [-0.4, -0.2) is 44.3 Å². The number of benzene rings is 1. The number of esters is 1. The largest absolute Gasteiger partial charge is 0.459 e. The lowest BCUT2D eigenvalue weighted by Gasteiger charge is -2.21. The molecule has 31 heavy (non-hydrogen) atoms. The van der Waals surface area contributed by atoms with Gasteiger partial charge in [-0.15, -0.1) is 5.10 Å². The molecule has 2 aromatic heterocycles. The molecule has 4 atom stereocenters. The Hall–Kier alpha value is -3.06. The summed E-state index contributed by atoms with van der Waals surface area (Å²) < 4.78 is 13.7. The lowest BCUT2D eigenvalue weighted by atomic mass is 10.0. The van der Waals surface area contributed by atoms with Gasteiger partial charge in [-0.1, -0.05) is 36.4 Å². The molecule has 0 spiro atoms. The number of aromatic nitrogens is 4. The Morgan fingerprint density at radius 1 is 1.13 bits per heavy atom. The molecule has 3 heterocycles. The molecule has 0 radical (unpaired) electrons. The van der Waals surface area contributed by atoms with Crippen molar-refractivity contribution in [3.8, 4) is 11.4 Å². The molecule has 1 saturated heterocycles. The number of rotatable bonds is 8. The topological polar surface area (TPSA) is 79.1 Å². The fourth-order valence-electron chi connectivity index (χ4n) is 4.00. The van der Waals surface area contributed by atoms with Crippen molar-refractivity contribution in [1.82, 2.24) is 20.0 Å². The van der Waals surface area contributed by atoms with Crippen molar-refractivity contribution in [2.24, 2.45) is 5.92 Å². The smallest absolute Gasteiger partial charge is 0.338 e. The van der Waals surface area contributed by atoms with Crippen LogP contribution in [-0.2, 0) is 16.0 Å². The average molecular weight is 421 g/mol. The first-order chi connectivity index (χ1) is 15.1. The lowest BCUT2D eigenvalue weighted by Crippen LogP contribution is -2.25. The van der Waals surface area contributed by atoms with Crippen molar-refractivity contribution in [2.45, 2.75) is 58.0 Å². The van der Waals surface area contributed by atoms with E-state index in [9.17, 15) is 4.79 Å². The van der Waals surface area contributed by atoms with Gasteiger partial charge in [0.2, 0.25) is 0 Å². The van der Waals surface area contributed by atoms with E-state index < -0.39 is 0 Å². The third-order valence-electron chi connectivity index (χ3n) is 5.63. The highest BCUT2D eigenvalue weighted by Crippen LogP contribution is 2.29. The molecule has 0 unspecified atom stereocenters. The molecule has 7 nitrogen and oxygen atoms in total. The molecule has 0 amide bonds. The van der Waals surface area contributed by atoms with Crippen LogP contribution in [0.3, 0.4) is 0 Å². The van der Waals surface area contributed by atoms with E-state index in [2.05, 4.69) is 22.2 Å². The first kappa shape index (κ1) is 21.2. The third-order valence-corrected chi connectivity index (χ3v) is 5.63. The SMILES string of the molecule is C[C@H](C[C@H]1CC[C@@H]([C@H](C)Cn2cc(-c3ccccn3)nn2)O1)OC(=O)c1ccccc1. The van der Waals surface area contributed by atoms with Gasteiger partial charge < -0.3 is 9.47 Å². The minimum atomic E-state index is -0.286. The summed E-state index contributed by atoms with van der Waals surface area (Å²) in [6.07, 6.45) is 6.41. The fraction of sp³-hybridized carbons (Fsp3) is 0.417. The van der Waals surface area contributed by atoms with Crippen molar-refractivity contribution in [1.29, 1.82) is 0 Å². The van der Waals surface area contributed by atoms with Gasteiger partial charge in [0.15, 0.2) is 0 Å². The van der Waals surface area contributed by atoms with E-state index in [1.54, 1.807) is 18.3 Å². The lowest BCUT2D eigenvalue weighted by molar-refractivity contribution is -0.0192. The Bertz CT molecular complexity index is 977. The fourth-order valence-corrected chi connectivity index (χ4v) is 4.00. The maximum absolute atomic E-state index is 12.2. The summed E-state index contributed by atoms with van der Waals surface area (Å²) in [6, 6.07) is 14.8. The Morgan fingerprint density at radius 2 is 1.94 bits per heavy atom. The molecule has 7 heteroatoms.